The maximum Gasteiger partial charge on any atom is 0.490 e. The fourth-order valence-electron chi connectivity index (χ4n) is 3.42. The summed E-state index contributed by atoms with van der Waals surface area (Å²) in [6.07, 6.45) is -3.21. The van der Waals surface area contributed by atoms with E-state index in [1.165, 1.54) is 10.9 Å². The van der Waals surface area contributed by atoms with Crippen molar-refractivity contribution < 1.29 is 23.1 Å². The van der Waals surface area contributed by atoms with Crippen LogP contribution >= 0.6 is 0 Å². The first kappa shape index (κ1) is 23.0. The summed E-state index contributed by atoms with van der Waals surface area (Å²) < 4.78 is 33.9. The minimum atomic E-state index is -5.08. The Kier molecular flexibility index (Phi) is 6.60. The van der Waals surface area contributed by atoms with Gasteiger partial charge in [0.15, 0.2) is 0 Å². The van der Waals surface area contributed by atoms with Crippen LogP contribution in [0.5, 0.6) is 0 Å². The van der Waals surface area contributed by atoms with Crippen LogP contribution in [-0.4, -0.2) is 37.0 Å². The Balaban J connectivity index is 0.000000344. The second kappa shape index (κ2) is 9.75. The molecule has 3 aromatic carbocycles. The second-order valence-electron chi connectivity index (χ2n) is 7.40. The highest BCUT2D eigenvalue weighted by molar-refractivity contribution is 5.81. The van der Waals surface area contributed by atoms with Crippen LogP contribution in [0.25, 0.3) is 27.6 Å². The van der Waals surface area contributed by atoms with Gasteiger partial charge in [-0.3, -0.25) is 9.67 Å². The van der Waals surface area contributed by atoms with Crippen molar-refractivity contribution in [2.75, 3.05) is 0 Å². The molecule has 0 spiro atoms. The summed E-state index contributed by atoms with van der Waals surface area (Å²) >= 11 is 0. The first-order valence-corrected chi connectivity index (χ1v) is 10.3. The molecule has 0 aliphatic carbocycles. The summed E-state index contributed by atoms with van der Waals surface area (Å²) in [5, 5.41) is 19.2. The molecule has 0 bridgehead atoms. The summed E-state index contributed by atoms with van der Waals surface area (Å²) in [5.41, 5.74) is 6.61. The standard InChI is InChI=1S/C22H19N5.C2HF3O2/c1-2-6-19-18(5-1)21(26-25-19)14-23-13-16-9-11-17(12-10-16)27-15-24-20-7-3-4-8-22(20)27;3-2(4,5)1(6)7/h1-12,15,23H,13-14H2,(H,25,26);(H,6,7). The van der Waals surface area contributed by atoms with Crippen LogP contribution in [0.1, 0.15) is 11.3 Å². The van der Waals surface area contributed by atoms with Gasteiger partial charge in [-0.05, 0) is 35.9 Å². The number of rotatable bonds is 5. The molecular weight excluding hydrogens is 447 g/mol. The Labute approximate surface area is 191 Å². The lowest BCUT2D eigenvalue weighted by Crippen LogP contribution is -2.21. The number of carboxylic acids is 1. The number of H-pyrrole nitrogens is 1. The molecule has 0 radical (unpaired) electrons. The van der Waals surface area contributed by atoms with Gasteiger partial charge in [-0.2, -0.15) is 18.3 Å². The average Bonchev–Trinajstić information content (AvgIpc) is 3.44. The van der Waals surface area contributed by atoms with Crippen molar-refractivity contribution in [2.24, 2.45) is 0 Å². The van der Waals surface area contributed by atoms with E-state index in [1.54, 1.807) is 0 Å². The number of aliphatic carboxylic acids is 1. The van der Waals surface area contributed by atoms with Crippen LogP contribution in [-0.2, 0) is 17.9 Å². The number of carboxylic acid groups (broad SMARTS) is 1. The van der Waals surface area contributed by atoms with Gasteiger partial charge in [0.1, 0.15) is 6.33 Å². The van der Waals surface area contributed by atoms with Crippen LogP contribution in [0.15, 0.2) is 79.1 Å². The molecule has 10 heteroatoms. The highest BCUT2D eigenvalue weighted by atomic mass is 19.4. The zero-order chi connectivity index (χ0) is 24.1. The van der Waals surface area contributed by atoms with Crippen molar-refractivity contribution in [3.8, 4) is 5.69 Å². The molecule has 5 aromatic rings. The van der Waals surface area contributed by atoms with E-state index in [-0.39, 0.29) is 0 Å². The highest BCUT2D eigenvalue weighted by Crippen LogP contribution is 2.19. The average molecular weight is 467 g/mol. The van der Waals surface area contributed by atoms with Gasteiger partial charge in [0, 0.05) is 24.2 Å². The molecule has 0 saturated carbocycles. The number of aromatic nitrogens is 4. The number of halogens is 3. The van der Waals surface area contributed by atoms with Crippen LogP contribution in [0.3, 0.4) is 0 Å². The molecular formula is C24H20F3N5O2. The van der Waals surface area contributed by atoms with Crippen molar-refractivity contribution in [2.45, 2.75) is 19.3 Å². The van der Waals surface area contributed by atoms with E-state index in [0.29, 0.717) is 0 Å². The zero-order valence-corrected chi connectivity index (χ0v) is 17.8. The predicted octanol–water partition coefficient (Wildman–Crippen LogP) is 4.82. The first-order chi connectivity index (χ1) is 16.3. The normalized spacial score (nSPS) is 11.4. The van der Waals surface area contributed by atoms with E-state index >= 15 is 0 Å². The Morgan fingerprint density at radius 2 is 1.59 bits per heavy atom. The van der Waals surface area contributed by atoms with Gasteiger partial charge < -0.3 is 10.4 Å². The minimum Gasteiger partial charge on any atom is -0.475 e. The summed E-state index contributed by atoms with van der Waals surface area (Å²) in [7, 11) is 0. The predicted molar refractivity (Wildman–Crippen MR) is 121 cm³/mol. The molecule has 0 saturated heterocycles. The Morgan fingerprint density at radius 1 is 0.941 bits per heavy atom. The zero-order valence-electron chi connectivity index (χ0n) is 17.8. The number of alkyl halides is 3. The van der Waals surface area contributed by atoms with Gasteiger partial charge in [-0.1, -0.05) is 42.5 Å². The number of imidazole rings is 1. The number of nitrogens with zero attached hydrogens (tertiary/aromatic N) is 3. The number of aromatic amines is 1. The molecule has 0 atom stereocenters. The van der Waals surface area contributed by atoms with Gasteiger partial charge in [-0.15, -0.1) is 0 Å². The number of hydrogen-bond donors (Lipinski definition) is 3. The number of para-hydroxylation sites is 3. The summed E-state index contributed by atoms with van der Waals surface area (Å²) in [6, 6.07) is 24.9. The molecule has 0 aliphatic heterocycles. The van der Waals surface area contributed by atoms with E-state index in [1.807, 2.05) is 42.7 Å². The van der Waals surface area contributed by atoms with Crippen molar-refractivity contribution in [3.63, 3.8) is 0 Å². The van der Waals surface area contributed by atoms with Crippen molar-refractivity contribution in [3.05, 3.63) is 90.4 Å². The number of fused-ring (bicyclic) bond motifs is 2. The maximum absolute atomic E-state index is 10.6. The van der Waals surface area contributed by atoms with E-state index in [0.717, 1.165) is 41.0 Å². The maximum atomic E-state index is 10.6. The van der Waals surface area contributed by atoms with Crippen molar-refractivity contribution in [1.29, 1.82) is 0 Å². The number of nitrogens with one attached hydrogen (secondary N) is 2. The van der Waals surface area contributed by atoms with Crippen molar-refractivity contribution >= 4 is 27.9 Å². The third kappa shape index (κ3) is 5.24. The Hall–Kier alpha value is -4.18. The highest BCUT2D eigenvalue weighted by Gasteiger charge is 2.38. The summed E-state index contributed by atoms with van der Waals surface area (Å²) in [4.78, 5) is 13.4. The quantitative estimate of drug-likeness (QED) is 0.344. The van der Waals surface area contributed by atoms with Crippen LogP contribution in [0.4, 0.5) is 13.2 Å². The molecule has 34 heavy (non-hydrogen) atoms. The molecule has 3 N–H and O–H groups in total. The van der Waals surface area contributed by atoms with E-state index in [4.69, 9.17) is 9.90 Å². The molecule has 0 unspecified atom stereocenters. The molecule has 174 valence electrons. The van der Waals surface area contributed by atoms with Gasteiger partial charge in [0.25, 0.3) is 0 Å². The first-order valence-electron chi connectivity index (χ1n) is 10.3. The lowest BCUT2D eigenvalue weighted by molar-refractivity contribution is -0.192. The van der Waals surface area contributed by atoms with Gasteiger partial charge in [-0.25, -0.2) is 9.78 Å². The molecule has 0 amide bonds. The Morgan fingerprint density at radius 3 is 2.29 bits per heavy atom. The lowest BCUT2D eigenvalue weighted by Gasteiger charge is -2.07. The SMILES string of the molecule is O=C(O)C(F)(F)F.c1ccc2c(CNCc3ccc(-n4cnc5ccccc54)cc3)[nH]nc2c1. The topological polar surface area (TPSA) is 95.8 Å². The number of hydrogen-bond acceptors (Lipinski definition) is 4. The smallest absolute Gasteiger partial charge is 0.475 e. The van der Waals surface area contributed by atoms with E-state index < -0.39 is 12.1 Å². The van der Waals surface area contributed by atoms with Crippen LogP contribution in [0.2, 0.25) is 0 Å². The summed E-state index contributed by atoms with van der Waals surface area (Å²) in [6.45, 7) is 1.56. The van der Waals surface area contributed by atoms with E-state index in [2.05, 4.69) is 61.5 Å². The van der Waals surface area contributed by atoms with E-state index in [9.17, 15) is 13.2 Å². The second-order valence-corrected chi connectivity index (χ2v) is 7.40. The van der Waals surface area contributed by atoms with Gasteiger partial charge in [0.2, 0.25) is 0 Å². The minimum absolute atomic E-state index is 0.758. The molecule has 5 rings (SSSR count). The molecule has 0 aliphatic rings. The molecule has 2 heterocycles. The third-order valence-electron chi connectivity index (χ3n) is 5.08. The van der Waals surface area contributed by atoms with Crippen molar-refractivity contribution in [1.82, 2.24) is 25.1 Å². The molecule has 0 fully saturated rings. The molecule has 7 nitrogen and oxygen atoms in total. The van der Waals surface area contributed by atoms with Gasteiger partial charge in [0.05, 0.1) is 22.2 Å². The fraction of sp³-hybridized carbons (Fsp3) is 0.125. The number of benzene rings is 3. The molecule has 2 aromatic heterocycles. The third-order valence-corrected chi connectivity index (χ3v) is 5.08. The lowest BCUT2D eigenvalue weighted by atomic mass is 10.2. The van der Waals surface area contributed by atoms with Crippen LogP contribution < -0.4 is 5.32 Å². The summed E-state index contributed by atoms with van der Waals surface area (Å²) in [5.74, 6) is -2.76. The fourth-order valence-corrected chi connectivity index (χ4v) is 3.42. The van der Waals surface area contributed by atoms with Gasteiger partial charge >= 0.3 is 12.1 Å². The Bertz CT molecular complexity index is 1410. The monoisotopic (exact) mass is 467 g/mol. The number of carbonyl (C=O) groups is 1. The largest absolute Gasteiger partial charge is 0.490 e. The van der Waals surface area contributed by atoms with Crippen LogP contribution in [0, 0.1) is 0 Å².